The van der Waals surface area contributed by atoms with Crippen molar-refractivity contribution in [3.63, 3.8) is 0 Å². The van der Waals surface area contributed by atoms with Crippen LogP contribution in [0.25, 0.3) is 0 Å². The lowest BCUT2D eigenvalue weighted by atomic mass is 9.97. The van der Waals surface area contributed by atoms with Crippen molar-refractivity contribution >= 4 is 5.78 Å². The Kier molecular flexibility index (Phi) is 6.86. The van der Waals surface area contributed by atoms with E-state index < -0.39 is 0 Å². The highest BCUT2D eigenvalue weighted by molar-refractivity contribution is 6.11. The molecule has 0 aliphatic rings. The molecule has 0 atom stereocenters. The minimum Gasteiger partial charge on any atom is -0.504 e. The quantitative estimate of drug-likeness (QED) is 0.377. The standard InChI is InChI=1S/C21H26O3/c1-2-3-4-5-6-8-13-17-14-15-18(21(24)20(17)23)19(22)16-11-9-7-10-12-16/h7,9-12,14-15,23-24H,2-6,8,13H2,1H3. The summed E-state index contributed by atoms with van der Waals surface area (Å²) in [4.78, 5) is 12.4. The molecule has 2 aromatic rings. The van der Waals surface area contributed by atoms with E-state index in [9.17, 15) is 15.0 Å². The number of hydrogen-bond acceptors (Lipinski definition) is 3. The lowest BCUT2D eigenvalue weighted by molar-refractivity contribution is 0.103. The molecule has 0 spiro atoms. The highest BCUT2D eigenvalue weighted by Crippen LogP contribution is 2.34. The monoisotopic (exact) mass is 326 g/mol. The van der Waals surface area contributed by atoms with Gasteiger partial charge in [-0.15, -0.1) is 0 Å². The van der Waals surface area contributed by atoms with Crippen molar-refractivity contribution < 1.29 is 15.0 Å². The van der Waals surface area contributed by atoms with Gasteiger partial charge in [0.25, 0.3) is 0 Å². The number of ketones is 1. The smallest absolute Gasteiger partial charge is 0.196 e. The van der Waals surface area contributed by atoms with E-state index in [1.165, 1.54) is 25.7 Å². The predicted molar refractivity (Wildman–Crippen MR) is 96.7 cm³/mol. The number of carbonyl (C=O) groups is 1. The first-order valence-electron chi connectivity index (χ1n) is 8.78. The topological polar surface area (TPSA) is 57.5 Å². The average Bonchev–Trinajstić information content (AvgIpc) is 2.61. The van der Waals surface area contributed by atoms with Crippen LogP contribution >= 0.6 is 0 Å². The van der Waals surface area contributed by atoms with Gasteiger partial charge in [0.1, 0.15) is 0 Å². The highest BCUT2D eigenvalue weighted by atomic mass is 16.3. The Morgan fingerprint density at radius 2 is 1.50 bits per heavy atom. The third-order valence-corrected chi connectivity index (χ3v) is 4.32. The summed E-state index contributed by atoms with van der Waals surface area (Å²) in [6.07, 6.45) is 7.75. The lowest BCUT2D eigenvalue weighted by Crippen LogP contribution is -2.02. The van der Waals surface area contributed by atoms with Gasteiger partial charge in [0.2, 0.25) is 0 Å². The number of phenolic OH excluding ortho intramolecular Hbond substituents is 2. The summed E-state index contributed by atoms with van der Waals surface area (Å²) in [5.41, 5.74) is 1.34. The average molecular weight is 326 g/mol. The van der Waals surface area contributed by atoms with Gasteiger partial charge in [-0.3, -0.25) is 4.79 Å². The van der Waals surface area contributed by atoms with Crippen LogP contribution in [0.5, 0.6) is 11.5 Å². The van der Waals surface area contributed by atoms with Gasteiger partial charge < -0.3 is 10.2 Å². The fraction of sp³-hybridized carbons (Fsp3) is 0.381. The molecule has 0 amide bonds. The van der Waals surface area contributed by atoms with Gasteiger partial charge in [0.05, 0.1) is 5.56 Å². The fourth-order valence-electron chi connectivity index (χ4n) is 2.85. The molecule has 0 fully saturated rings. The molecule has 2 N–H and O–H groups in total. The van der Waals surface area contributed by atoms with Crippen molar-refractivity contribution in [2.24, 2.45) is 0 Å². The van der Waals surface area contributed by atoms with Crippen molar-refractivity contribution in [2.45, 2.75) is 51.9 Å². The third kappa shape index (κ3) is 4.60. The molecule has 0 radical (unpaired) electrons. The van der Waals surface area contributed by atoms with Crippen LogP contribution in [0.15, 0.2) is 42.5 Å². The van der Waals surface area contributed by atoms with Gasteiger partial charge in [0, 0.05) is 5.56 Å². The lowest BCUT2D eigenvalue weighted by Gasteiger charge is -2.10. The Balaban J connectivity index is 2.02. The van der Waals surface area contributed by atoms with Crippen LogP contribution in [-0.4, -0.2) is 16.0 Å². The maximum Gasteiger partial charge on any atom is 0.196 e. The summed E-state index contributed by atoms with van der Waals surface area (Å²) in [6.45, 7) is 2.19. The second kappa shape index (κ2) is 9.11. The summed E-state index contributed by atoms with van der Waals surface area (Å²) in [6, 6.07) is 12.1. The Morgan fingerprint density at radius 3 is 2.21 bits per heavy atom. The predicted octanol–water partition coefficient (Wildman–Crippen LogP) is 5.23. The molecule has 0 heterocycles. The molecule has 0 bridgehead atoms. The number of benzene rings is 2. The van der Waals surface area contributed by atoms with E-state index in [2.05, 4.69) is 6.92 Å². The molecule has 0 saturated heterocycles. The largest absolute Gasteiger partial charge is 0.504 e. The number of carbonyl (C=O) groups excluding carboxylic acids is 1. The third-order valence-electron chi connectivity index (χ3n) is 4.32. The van der Waals surface area contributed by atoms with E-state index in [0.717, 1.165) is 12.8 Å². The molecule has 24 heavy (non-hydrogen) atoms. The van der Waals surface area contributed by atoms with E-state index in [0.29, 0.717) is 17.5 Å². The number of hydrogen-bond donors (Lipinski definition) is 2. The molecule has 3 nitrogen and oxygen atoms in total. The summed E-state index contributed by atoms with van der Waals surface area (Å²) in [5.74, 6) is -0.757. The zero-order valence-corrected chi connectivity index (χ0v) is 14.3. The molecule has 2 aromatic carbocycles. The number of aryl methyl sites for hydroxylation is 1. The maximum absolute atomic E-state index is 12.4. The minimum absolute atomic E-state index is 0.144. The second-order valence-corrected chi connectivity index (χ2v) is 6.18. The molecular weight excluding hydrogens is 300 g/mol. The zero-order valence-electron chi connectivity index (χ0n) is 14.3. The van der Waals surface area contributed by atoms with Crippen molar-refractivity contribution in [3.05, 3.63) is 59.2 Å². The van der Waals surface area contributed by atoms with Gasteiger partial charge in [-0.05, 0) is 24.5 Å². The number of rotatable bonds is 9. The van der Waals surface area contributed by atoms with Crippen LogP contribution < -0.4 is 0 Å². The Labute approximate surface area is 144 Å². The van der Waals surface area contributed by atoms with Crippen LogP contribution in [-0.2, 0) is 6.42 Å². The molecule has 128 valence electrons. The number of phenols is 2. The first-order valence-corrected chi connectivity index (χ1v) is 8.78. The molecule has 2 rings (SSSR count). The first-order chi connectivity index (χ1) is 11.6. The molecule has 0 aromatic heterocycles. The molecule has 0 aliphatic heterocycles. The molecule has 0 aliphatic carbocycles. The van der Waals surface area contributed by atoms with Crippen molar-refractivity contribution in [1.29, 1.82) is 0 Å². The highest BCUT2D eigenvalue weighted by Gasteiger charge is 2.18. The molecular formula is C21H26O3. The zero-order chi connectivity index (χ0) is 17.4. The molecule has 0 saturated carbocycles. The molecule has 0 unspecified atom stereocenters. The normalized spacial score (nSPS) is 10.7. The fourth-order valence-corrected chi connectivity index (χ4v) is 2.85. The van der Waals surface area contributed by atoms with E-state index >= 15 is 0 Å². The van der Waals surface area contributed by atoms with Crippen LogP contribution in [0.4, 0.5) is 0 Å². The van der Waals surface area contributed by atoms with E-state index in [1.807, 2.05) is 6.07 Å². The number of aromatic hydroxyl groups is 2. The Hall–Kier alpha value is -2.29. The maximum atomic E-state index is 12.4. The Morgan fingerprint density at radius 1 is 0.833 bits per heavy atom. The summed E-state index contributed by atoms with van der Waals surface area (Å²) in [7, 11) is 0. The van der Waals surface area contributed by atoms with Crippen LogP contribution in [0, 0.1) is 0 Å². The summed E-state index contributed by atoms with van der Waals surface area (Å²) in [5, 5.41) is 20.4. The van der Waals surface area contributed by atoms with Crippen molar-refractivity contribution in [2.75, 3.05) is 0 Å². The van der Waals surface area contributed by atoms with E-state index in [1.54, 1.807) is 36.4 Å². The van der Waals surface area contributed by atoms with Gasteiger partial charge in [-0.25, -0.2) is 0 Å². The second-order valence-electron chi connectivity index (χ2n) is 6.18. The van der Waals surface area contributed by atoms with Crippen molar-refractivity contribution in [3.8, 4) is 11.5 Å². The Bertz CT molecular complexity index is 662. The number of unbranched alkanes of at least 4 members (excludes halogenated alkanes) is 5. The van der Waals surface area contributed by atoms with Gasteiger partial charge in [0.15, 0.2) is 17.3 Å². The summed E-state index contributed by atoms with van der Waals surface area (Å²) >= 11 is 0. The van der Waals surface area contributed by atoms with Crippen LogP contribution in [0.1, 0.15) is 66.9 Å². The van der Waals surface area contributed by atoms with E-state index in [-0.39, 0.29) is 22.8 Å². The van der Waals surface area contributed by atoms with Gasteiger partial charge in [-0.1, -0.05) is 75.4 Å². The first kappa shape index (κ1) is 18.1. The minimum atomic E-state index is -0.313. The van der Waals surface area contributed by atoms with Crippen LogP contribution in [0.3, 0.4) is 0 Å². The van der Waals surface area contributed by atoms with Crippen LogP contribution in [0.2, 0.25) is 0 Å². The summed E-state index contributed by atoms with van der Waals surface area (Å²) < 4.78 is 0. The van der Waals surface area contributed by atoms with Crippen molar-refractivity contribution in [1.82, 2.24) is 0 Å². The van der Waals surface area contributed by atoms with Gasteiger partial charge >= 0.3 is 0 Å². The van der Waals surface area contributed by atoms with Gasteiger partial charge in [-0.2, -0.15) is 0 Å². The molecule has 3 heteroatoms. The SMILES string of the molecule is CCCCCCCCc1ccc(C(=O)c2ccccc2)c(O)c1O. The van der Waals surface area contributed by atoms with E-state index in [4.69, 9.17) is 0 Å².